The van der Waals surface area contributed by atoms with E-state index in [4.69, 9.17) is 9.47 Å². The fourth-order valence-corrected chi connectivity index (χ4v) is 9.39. The number of ether oxygens (including phenoxy) is 2. The van der Waals surface area contributed by atoms with Gasteiger partial charge in [-0.05, 0) is 83.6 Å². The predicted molar refractivity (Wildman–Crippen MR) is 126 cm³/mol. The van der Waals surface area contributed by atoms with Gasteiger partial charge >= 0.3 is 5.97 Å². The van der Waals surface area contributed by atoms with Crippen molar-refractivity contribution in [2.45, 2.75) is 108 Å². The van der Waals surface area contributed by atoms with Gasteiger partial charge in [-0.1, -0.05) is 18.6 Å². The monoisotopic (exact) mass is 486 g/mol. The molecule has 3 saturated carbocycles. The normalized spacial score (nSPS) is 54.3. The van der Waals surface area contributed by atoms with Gasteiger partial charge in [-0.15, -0.1) is 0 Å². The minimum Gasteiger partial charge on any atom is -0.455 e. The van der Waals surface area contributed by atoms with Gasteiger partial charge in [-0.3, -0.25) is 4.79 Å². The maximum atomic E-state index is 13.3. The fourth-order valence-electron chi connectivity index (χ4n) is 9.39. The van der Waals surface area contributed by atoms with Gasteiger partial charge in [0.15, 0.2) is 5.78 Å². The number of cyclic esters (lactones) is 1. The molecule has 1 spiro atoms. The molecule has 3 N–H and O–H groups in total. The average Bonchev–Trinajstić information content (AvgIpc) is 3.47. The zero-order valence-corrected chi connectivity index (χ0v) is 21.3. The number of carbonyl (C=O) groups excluding carboxylic acids is 2. The molecule has 0 bridgehead atoms. The Morgan fingerprint density at radius 3 is 2.49 bits per heavy atom. The number of hydrogen-bond donors (Lipinski definition) is 3. The van der Waals surface area contributed by atoms with Gasteiger partial charge in [0.25, 0.3) is 0 Å². The number of carbonyl (C=O) groups is 2. The van der Waals surface area contributed by atoms with Crippen LogP contribution in [0.2, 0.25) is 0 Å². The molecule has 4 fully saturated rings. The first-order valence-electron chi connectivity index (χ1n) is 13.2. The molecule has 4 aliphatic carbocycles. The minimum absolute atomic E-state index is 0.0561. The standard InChI is InChI=1S/C28H38O7/c1-14-13-19(34-23(31)15(14)2)26(5,32)28(33)12-9-16-20-17(8-11-24(16,28)3)25(4)18(29)7-6-10-27(25)22(35-27)21(20)30/h6-7,16-17,19-22,30,32-33H,8-13H2,1-5H3/t16-,17-,19+,20-,21-,22-,24-,25-,26-,27-,28+/m0/s1. The minimum atomic E-state index is -1.67. The summed E-state index contributed by atoms with van der Waals surface area (Å²) in [5.74, 6) is -0.739. The first-order valence-corrected chi connectivity index (χ1v) is 13.2. The largest absolute Gasteiger partial charge is 0.455 e. The summed E-state index contributed by atoms with van der Waals surface area (Å²) in [6.45, 7) is 9.21. The Hall–Kier alpha value is -1.54. The third kappa shape index (κ3) is 2.51. The van der Waals surface area contributed by atoms with E-state index in [0.717, 1.165) is 5.57 Å². The molecule has 35 heavy (non-hydrogen) atoms. The molecule has 0 radical (unpaired) electrons. The van der Waals surface area contributed by atoms with E-state index in [0.29, 0.717) is 44.1 Å². The van der Waals surface area contributed by atoms with Crippen molar-refractivity contribution >= 4 is 11.8 Å². The molecule has 0 unspecified atom stereocenters. The van der Waals surface area contributed by atoms with Crippen LogP contribution in [0.1, 0.15) is 73.1 Å². The zero-order chi connectivity index (χ0) is 25.3. The topological polar surface area (TPSA) is 117 Å². The summed E-state index contributed by atoms with van der Waals surface area (Å²) in [6.07, 6.45) is 4.85. The summed E-state index contributed by atoms with van der Waals surface area (Å²) in [5.41, 5.74) is -3.80. The molecule has 11 atom stereocenters. The van der Waals surface area contributed by atoms with Crippen LogP contribution in [0.4, 0.5) is 0 Å². The highest BCUT2D eigenvalue weighted by atomic mass is 16.6. The number of epoxide rings is 1. The highest BCUT2D eigenvalue weighted by Gasteiger charge is 2.81. The molecule has 0 aromatic rings. The first-order chi connectivity index (χ1) is 16.3. The predicted octanol–water partition coefficient (Wildman–Crippen LogP) is 2.61. The maximum absolute atomic E-state index is 13.3. The van der Waals surface area contributed by atoms with E-state index in [1.54, 1.807) is 19.9 Å². The number of rotatable bonds is 2. The highest BCUT2D eigenvalue weighted by molar-refractivity contribution is 5.98. The molecule has 6 aliphatic rings. The van der Waals surface area contributed by atoms with E-state index in [-0.39, 0.29) is 29.6 Å². The Balaban J connectivity index is 1.37. The van der Waals surface area contributed by atoms with E-state index in [1.165, 1.54) is 0 Å². The van der Waals surface area contributed by atoms with Crippen LogP contribution in [0.15, 0.2) is 23.3 Å². The number of ketones is 1. The Labute approximate surface area is 206 Å². The van der Waals surface area contributed by atoms with Crippen LogP contribution >= 0.6 is 0 Å². The third-order valence-corrected chi connectivity index (χ3v) is 11.9. The van der Waals surface area contributed by atoms with Crippen LogP contribution in [0.25, 0.3) is 0 Å². The lowest BCUT2D eigenvalue weighted by atomic mass is 9.43. The van der Waals surface area contributed by atoms with Crippen molar-refractivity contribution in [3.05, 3.63) is 23.3 Å². The number of aliphatic hydroxyl groups is 3. The molecule has 0 aromatic carbocycles. The second kappa shape index (κ2) is 6.85. The molecule has 0 amide bonds. The molecule has 0 aromatic heterocycles. The van der Waals surface area contributed by atoms with E-state index in [1.807, 2.05) is 26.8 Å². The second-order valence-electron chi connectivity index (χ2n) is 12.9. The maximum Gasteiger partial charge on any atom is 0.334 e. The van der Waals surface area contributed by atoms with Crippen LogP contribution in [-0.4, -0.2) is 62.2 Å². The van der Waals surface area contributed by atoms with Gasteiger partial charge in [0.2, 0.25) is 0 Å². The lowest BCUT2D eigenvalue weighted by Crippen LogP contribution is -2.70. The van der Waals surface area contributed by atoms with Crippen molar-refractivity contribution in [1.82, 2.24) is 0 Å². The van der Waals surface area contributed by atoms with Crippen molar-refractivity contribution < 1.29 is 34.4 Å². The van der Waals surface area contributed by atoms with E-state index in [9.17, 15) is 24.9 Å². The number of hydrogen-bond acceptors (Lipinski definition) is 7. The van der Waals surface area contributed by atoms with E-state index < -0.39 is 45.8 Å². The van der Waals surface area contributed by atoms with Crippen LogP contribution in [0.3, 0.4) is 0 Å². The van der Waals surface area contributed by atoms with Crippen LogP contribution < -0.4 is 0 Å². The van der Waals surface area contributed by atoms with E-state index in [2.05, 4.69) is 0 Å². The highest BCUT2D eigenvalue weighted by Crippen LogP contribution is 2.74. The summed E-state index contributed by atoms with van der Waals surface area (Å²) in [5, 5.41) is 35.8. The quantitative estimate of drug-likeness (QED) is 0.406. The number of aliphatic hydroxyl groups excluding tert-OH is 1. The molecular formula is C28H38O7. The number of esters is 1. The molecule has 7 heteroatoms. The molecule has 7 nitrogen and oxygen atoms in total. The van der Waals surface area contributed by atoms with Crippen molar-refractivity contribution in [1.29, 1.82) is 0 Å². The van der Waals surface area contributed by atoms with Crippen LogP contribution in [-0.2, 0) is 19.1 Å². The van der Waals surface area contributed by atoms with Gasteiger partial charge in [-0.25, -0.2) is 4.79 Å². The molecule has 6 rings (SSSR count). The summed E-state index contributed by atoms with van der Waals surface area (Å²) >= 11 is 0. The molecule has 2 heterocycles. The Bertz CT molecular complexity index is 1080. The second-order valence-corrected chi connectivity index (χ2v) is 12.9. The van der Waals surface area contributed by atoms with Crippen LogP contribution in [0, 0.1) is 28.6 Å². The van der Waals surface area contributed by atoms with Gasteiger partial charge in [0.05, 0.1) is 11.5 Å². The van der Waals surface area contributed by atoms with Gasteiger partial charge in [0.1, 0.15) is 29.0 Å². The van der Waals surface area contributed by atoms with Gasteiger partial charge < -0.3 is 24.8 Å². The summed E-state index contributed by atoms with van der Waals surface area (Å²) in [7, 11) is 0. The van der Waals surface area contributed by atoms with Crippen molar-refractivity contribution in [2.24, 2.45) is 28.6 Å². The molecule has 1 saturated heterocycles. The van der Waals surface area contributed by atoms with Crippen LogP contribution in [0.5, 0.6) is 0 Å². The Morgan fingerprint density at radius 1 is 1.11 bits per heavy atom. The lowest BCUT2D eigenvalue weighted by molar-refractivity contribution is -0.256. The first kappa shape index (κ1) is 23.8. The summed E-state index contributed by atoms with van der Waals surface area (Å²) in [4.78, 5) is 25.8. The Morgan fingerprint density at radius 2 is 1.80 bits per heavy atom. The van der Waals surface area contributed by atoms with Crippen molar-refractivity contribution in [3.8, 4) is 0 Å². The van der Waals surface area contributed by atoms with Crippen molar-refractivity contribution in [2.75, 3.05) is 0 Å². The molecular weight excluding hydrogens is 448 g/mol. The third-order valence-electron chi connectivity index (χ3n) is 11.9. The van der Waals surface area contributed by atoms with Gasteiger partial charge in [0, 0.05) is 17.4 Å². The number of fused-ring (bicyclic) bond motifs is 4. The molecule has 2 aliphatic heterocycles. The zero-order valence-electron chi connectivity index (χ0n) is 21.3. The average molecular weight is 487 g/mol. The number of allylic oxidation sites excluding steroid dienone is 1. The van der Waals surface area contributed by atoms with Crippen molar-refractivity contribution in [3.63, 3.8) is 0 Å². The SMILES string of the molecule is CC1=C(C)C(=O)O[C@@H]([C@](C)(O)[C@@]2(O)CC[C@H]3[C@@H]4[C@H](O)[C@@H]5O[C@@]56CC=CC(=O)[C@]6(C)[C@H]4CC[C@@]32C)C1. The lowest BCUT2D eigenvalue weighted by Gasteiger charge is -2.61. The summed E-state index contributed by atoms with van der Waals surface area (Å²) in [6, 6.07) is 0. The Kier molecular flexibility index (Phi) is 4.67. The summed E-state index contributed by atoms with van der Waals surface area (Å²) < 4.78 is 11.8. The fraction of sp³-hybridized carbons (Fsp3) is 0.786. The van der Waals surface area contributed by atoms with Gasteiger partial charge in [-0.2, -0.15) is 0 Å². The molecule has 192 valence electrons. The van der Waals surface area contributed by atoms with E-state index >= 15 is 0 Å². The smallest absolute Gasteiger partial charge is 0.334 e.